The van der Waals surface area contributed by atoms with Crippen LogP contribution < -0.4 is 4.74 Å². The maximum atomic E-state index is 12.6. The molecule has 1 heterocycles. The van der Waals surface area contributed by atoms with Crippen LogP contribution in [0.15, 0.2) is 91.0 Å². The summed E-state index contributed by atoms with van der Waals surface area (Å²) in [6.07, 6.45) is -0.650. The SMILES string of the molecule is O=C(Oc1ccccc1)C1OC1(c1ccccc1)c1ccccc1. The Morgan fingerprint density at radius 1 is 0.750 bits per heavy atom. The molecule has 3 heteroatoms. The zero-order chi connectivity index (χ0) is 16.4. The first-order valence-corrected chi connectivity index (χ1v) is 7.86. The number of rotatable bonds is 4. The molecule has 0 bridgehead atoms. The lowest BCUT2D eigenvalue weighted by Crippen LogP contribution is -2.24. The standard InChI is InChI=1S/C21H16O3/c22-20(23-18-14-8-3-9-15-18)19-21(24-19,16-10-4-1-5-11-16)17-12-6-2-7-13-17/h1-15,19H. The number of hydrogen-bond donors (Lipinski definition) is 0. The van der Waals surface area contributed by atoms with E-state index in [1.807, 2.05) is 78.9 Å². The van der Waals surface area contributed by atoms with Crippen LogP contribution in [0.5, 0.6) is 5.75 Å². The van der Waals surface area contributed by atoms with Gasteiger partial charge in [0.2, 0.25) is 0 Å². The van der Waals surface area contributed by atoms with Crippen molar-refractivity contribution in [1.82, 2.24) is 0 Å². The molecule has 0 radical (unpaired) electrons. The molecule has 0 saturated carbocycles. The Bertz CT molecular complexity index is 789. The molecule has 1 saturated heterocycles. The second-order valence-corrected chi connectivity index (χ2v) is 5.70. The van der Waals surface area contributed by atoms with Gasteiger partial charge < -0.3 is 9.47 Å². The Kier molecular flexibility index (Phi) is 3.63. The van der Waals surface area contributed by atoms with Crippen LogP contribution in [-0.2, 0) is 15.1 Å². The molecule has 24 heavy (non-hydrogen) atoms. The highest BCUT2D eigenvalue weighted by Crippen LogP contribution is 2.52. The number of epoxide rings is 1. The molecule has 3 aromatic carbocycles. The summed E-state index contributed by atoms with van der Waals surface area (Å²) >= 11 is 0. The predicted octanol–water partition coefficient (Wildman–Crippen LogP) is 3.93. The Morgan fingerprint density at radius 3 is 1.71 bits per heavy atom. The Morgan fingerprint density at radius 2 is 1.21 bits per heavy atom. The average molecular weight is 316 g/mol. The molecule has 1 aliphatic heterocycles. The molecule has 1 aliphatic rings. The van der Waals surface area contributed by atoms with E-state index in [4.69, 9.17) is 9.47 Å². The van der Waals surface area contributed by atoms with Crippen molar-refractivity contribution in [3.8, 4) is 5.75 Å². The minimum Gasteiger partial charge on any atom is -0.425 e. The van der Waals surface area contributed by atoms with E-state index in [9.17, 15) is 4.79 Å². The fourth-order valence-electron chi connectivity index (χ4n) is 3.00. The molecule has 0 amide bonds. The lowest BCUT2D eigenvalue weighted by molar-refractivity contribution is -0.135. The maximum Gasteiger partial charge on any atom is 0.344 e. The summed E-state index contributed by atoms with van der Waals surface area (Å²) in [6, 6.07) is 28.6. The maximum absolute atomic E-state index is 12.6. The first kappa shape index (κ1) is 14.7. The van der Waals surface area contributed by atoms with E-state index >= 15 is 0 Å². The minimum absolute atomic E-state index is 0.381. The van der Waals surface area contributed by atoms with Gasteiger partial charge in [-0.15, -0.1) is 0 Å². The van der Waals surface area contributed by atoms with Crippen LogP contribution in [0.2, 0.25) is 0 Å². The molecule has 0 aromatic heterocycles. The van der Waals surface area contributed by atoms with Gasteiger partial charge in [0.05, 0.1) is 0 Å². The second-order valence-electron chi connectivity index (χ2n) is 5.70. The van der Waals surface area contributed by atoms with E-state index in [1.165, 1.54) is 0 Å². The minimum atomic E-state index is -0.769. The van der Waals surface area contributed by atoms with Gasteiger partial charge in [0.25, 0.3) is 0 Å². The van der Waals surface area contributed by atoms with Crippen LogP contribution in [0.25, 0.3) is 0 Å². The summed E-state index contributed by atoms with van der Waals surface area (Å²) in [5.41, 5.74) is 1.13. The molecule has 4 rings (SSSR count). The van der Waals surface area contributed by atoms with Gasteiger partial charge in [-0.25, -0.2) is 4.79 Å². The van der Waals surface area contributed by atoms with Crippen LogP contribution in [0, 0.1) is 0 Å². The van der Waals surface area contributed by atoms with Crippen LogP contribution >= 0.6 is 0 Å². The van der Waals surface area contributed by atoms with Crippen LogP contribution in [0.1, 0.15) is 11.1 Å². The summed E-state index contributed by atoms with van der Waals surface area (Å²) in [5, 5.41) is 0. The van der Waals surface area contributed by atoms with Crippen molar-refractivity contribution in [2.45, 2.75) is 11.7 Å². The van der Waals surface area contributed by atoms with Crippen molar-refractivity contribution in [3.05, 3.63) is 102 Å². The summed E-state index contributed by atoms with van der Waals surface area (Å²) in [7, 11) is 0. The third-order valence-electron chi connectivity index (χ3n) is 4.20. The Labute approximate surface area is 140 Å². The van der Waals surface area contributed by atoms with Gasteiger partial charge >= 0.3 is 5.97 Å². The summed E-state index contributed by atoms with van der Waals surface area (Å²) in [4.78, 5) is 12.6. The molecule has 118 valence electrons. The van der Waals surface area contributed by atoms with Crippen molar-refractivity contribution < 1.29 is 14.3 Å². The largest absolute Gasteiger partial charge is 0.425 e. The first-order chi connectivity index (χ1) is 11.8. The van der Waals surface area contributed by atoms with Crippen LogP contribution in [0.4, 0.5) is 0 Å². The molecular formula is C21H16O3. The highest BCUT2D eigenvalue weighted by Gasteiger charge is 2.64. The molecule has 1 atom stereocenters. The normalized spacial score (nSPS) is 17.9. The number of carbonyl (C=O) groups is 1. The summed E-state index contributed by atoms with van der Waals surface area (Å²) in [5.74, 6) is 0.141. The molecular weight excluding hydrogens is 300 g/mol. The zero-order valence-corrected chi connectivity index (χ0v) is 13.0. The predicted molar refractivity (Wildman–Crippen MR) is 90.6 cm³/mol. The topological polar surface area (TPSA) is 38.8 Å². The molecule has 3 nitrogen and oxygen atoms in total. The Balaban J connectivity index is 1.66. The smallest absolute Gasteiger partial charge is 0.344 e. The van der Waals surface area contributed by atoms with Crippen molar-refractivity contribution in [2.24, 2.45) is 0 Å². The first-order valence-electron chi connectivity index (χ1n) is 7.86. The van der Waals surface area contributed by atoms with E-state index in [0.29, 0.717) is 5.75 Å². The van der Waals surface area contributed by atoms with E-state index in [2.05, 4.69) is 0 Å². The highest BCUT2D eigenvalue weighted by atomic mass is 16.7. The second kappa shape index (κ2) is 5.95. The third kappa shape index (κ3) is 2.49. The highest BCUT2D eigenvalue weighted by molar-refractivity contribution is 5.83. The zero-order valence-electron chi connectivity index (χ0n) is 13.0. The fourth-order valence-corrected chi connectivity index (χ4v) is 3.00. The fraction of sp³-hybridized carbons (Fsp3) is 0.0952. The Hall–Kier alpha value is -2.91. The molecule has 1 fully saturated rings. The van der Waals surface area contributed by atoms with Gasteiger partial charge in [-0.3, -0.25) is 0 Å². The van der Waals surface area contributed by atoms with E-state index in [-0.39, 0.29) is 5.97 Å². The van der Waals surface area contributed by atoms with Gasteiger partial charge in [0.15, 0.2) is 11.7 Å². The number of ether oxygens (including phenoxy) is 2. The molecule has 0 spiro atoms. The third-order valence-corrected chi connectivity index (χ3v) is 4.20. The number of carbonyl (C=O) groups excluding carboxylic acids is 1. The van der Waals surface area contributed by atoms with Gasteiger partial charge in [-0.2, -0.15) is 0 Å². The van der Waals surface area contributed by atoms with Crippen LogP contribution in [-0.4, -0.2) is 12.1 Å². The van der Waals surface area contributed by atoms with E-state index in [1.54, 1.807) is 12.1 Å². The average Bonchev–Trinajstić information content (AvgIpc) is 3.41. The number of hydrogen-bond acceptors (Lipinski definition) is 3. The lowest BCUT2D eigenvalue weighted by Gasteiger charge is -2.14. The molecule has 0 aliphatic carbocycles. The molecule has 0 N–H and O–H groups in total. The van der Waals surface area contributed by atoms with Crippen molar-refractivity contribution >= 4 is 5.97 Å². The molecule has 1 unspecified atom stereocenters. The summed E-state index contributed by atoms with van der Waals surface area (Å²) in [6.45, 7) is 0. The number of benzene rings is 3. The van der Waals surface area contributed by atoms with Gasteiger partial charge in [-0.1, -0.05) is 78.9 Å². The monoisotopic (exact) mass is 316 g/mol. The lowest BCUT2D eigenvalue weighted by atomic mass is 9.88. The van der Waals surface area contributed by atoms with Crippen molar-refractivity contribution in [3.63, 3.8) is 0 Å². The van der Waals surface area contributed by atoms with Crippen molar-refractivity contribution in [1.29, 1.82) is 0 Å². The summed E-state index contributed by atoms with van der Waals surface area (Å²) < 4.78 is 11.4. The van der Waals surface area contributed by atoms with Gasteiger partial charge in [0, 0.05) is 0 Å². The van der Waals surface area contributed by atoms with E-state index < -0.39 is 11.7 Å². The molecule has 3 aromatic rings. The number of esters is 1. The van der Waals surface area contributed by atoms with Gasteiger partial charge in [0.1, 0.15) is 5.75 Å². The van der Waals surface area contributed by atoms with Crippen LogP contribution in [0.3, 0.4) is 0 Å². The van der Waals surface area contributed by atoms with Gasteiger partial charge in [-0.05, 0) is 23.3 Å². The quantitative estimate of drug-likeness (QED) is 0.416. The van der Waals surface area contributed by atoms with E-state index in [0.717, 1.165) is 11.1 Å². The van der Waals surface area contributed by atoms with Crippen molar-refractivity contribution in [2.75, 3.05) is 0 Å². The number of para-hydroxylation sites is 1.